The average Bonchev–Trinajstić information content (AvgIpc) is 1.96. The summed E-state index contributed by atoms with van der Waals surface area (Å²) in [5, 5.41) is 2.31. The van der Waals surface area contributed by atoms with Crippen molar-refractivity contribution in [3.63, 3.8) is 0 Å². The molecule has 0 aromatic carbocycles. The molecule has 1 atom stereocenters. The summed E-state index contributed by atoms with van der Waals surface area (Å²) in [6.45, 7) is 1.24. The van der Waals surface area contributed by atoms with Crippen LogP contribution in [-0.2, 0) is 25.1 Å². The molecule has 0 aromatic heterocycles. The quantitative estimate of drug-likeness (QED) is 0.339. The minimum atomic E-state index is -2.56. The topological polar surface area (TPSA) is 95.5 Å². The van der Waals surface area contributed by atoms with Crippen LogP contribution >= 0.6 is 0 Å². The second-order valence-corrected chi connectivity index (χ2v) is 2.90. The van der Waals surface area contributed by atoms with Gasteiger partial charge in [-0.2, -0.15) is 0 Å². The van der Waals surface area contributed by atoms with E-state index in [4.69, 9.17) is 0 Å². The van der Waals surface area contributed by atoms with Crippen molar-refractivity contribution in [1.82, 2.24) is 5.32 Å². The van der Waals surface area contributed by atoms with Gasteiger partial charge in [0.2, 0.25) is 5.91 Å². The van der Waals surface area contributed by atoms with Crippen molar-refractivity contribution < 1.29 is 22.5 Å². The number of carbonyl (C=O) groups is 2. The van der Waals surface area contributed by atoms with Crippen LogP contribution in [0, 0.1) is 0 Å². The molecule has 0 aliphatic carbocycles. The van der Waals surface area contributed by atoms with Crippen molar-refractivity contribution in [2.45, 2.75) is 13.3 Å². The summed E-state index contributed by atoms with van der Waals surface area (Å²) in [5.41, 5.74) is 0. The van der Waals surface area contributed by atoms with Crippen molar-refractivity contribution in [3.05, 3.63) is 0 Å². The Morgan fingerprint density at radius 3 is 2.62 bits per heavy atom. The summed E-state index contributed by atoms with van der Waals surface area (Å²) in [5.74, 6) is -0.682. The lowest BCUT2D eigenvalue weighted by Crippen LogP contribution is -2.28. The second kappa shape index (κ2) is 6.70. The van der Waals surface area contributed by atoms with E-state index in [2.05, 4.69) is 9.50 Å². The van der Waals surface area contributed by atoms with Crippen LogP contribution in [0.4, 0.5) is 0 Å². The minimum Gasteiger partial charge on any atom is -0.750 e. The first kappa shape index (κ1) is 12.2. The Bertz CT molecular complexity index is 217. The van der Waals surface area contributed by atoms with E-state index in [9.17, 15) is 18.4 Å². The number of nitrogens with one attached hydrogen (secondary N) is 1. The Labute approximate surface area is 78.1 Å². The van der Waals surface area contributed by atoms with E-state index in [0.717, 1.165) is 0 Å². The molecule has 6 nitrogen and oxygen atoms in total. The van der Waals surface area contributed by atoms with Gasteiger partial charge in [-0.15, -0.1) is 0 Å². The number of Topliss-reactive ketones (excluding diaryl/α,β-unsaturated/α-hetero) is 1. The molecule has 0 rings (SSSR count). The Kier molecular flexibility index (Phi) is 6.29. The maximum atomic E-state index is 10.8. The summed E-state index contributed by atoms with van der Waals surface area (Å²) < 4.78 is 23.8. The van der Waals surface area contributed by atoms with Crippen molar-refractivity contribution in [1.29, 1.82) is 0 Å². The highest BCUT2D eigenvalue weighted by Crippen LogP contribution is 1.82. The molecule has 0 heterocycles. The van der Waals surface area contributed by atoms with Gasteiger partial charge in [-0.25, -0.2) is 4.21 Å². The van der Waals surface area contributed by atoms with Gasteiger partial charge in [0.15, 0.2) is 0 Å². The maximum Gasteiger partial charge on any atom is 0.227 e. The lowest BCUT2D eigenvalue weighted by atomic mass is 10.3. The first-order valence-corrected chi connectivity index (χ1v) is 4.51. The summed E-state index contributed by atoms with van der Waals surface area (Å²) in [4.78, 5) is 21.2. The summed E-state index contributed by atoms with van der Waals surface area (Å²) in [6.07, 6.45) is -0.194. The lowest BCUT2D eigenvalue weighted by Gasteiger charge is -2.06. The van der Waals surface area contributed by atoms with Crippen LogP contribution in [0.1, 0.15) is 13.3 Å². The molecule has 13 heavy (non-hydrogen) atoms. The van der Waals surface area contributed by atoms with E-state index in [-0.39, 0.29) is 25.4 Å². The third kappa shape index (κ3) is 9.12. The van der Waals surface area contributed by atoms with Gasteiger partial charge >= 0.3 is 0 Å². The Morgan fingerprint density at radius 2 is 2.15 bits per heavy atom. The van der Waals surface area contributed by atoms with Gasteiger partial charge in [0, 0.05) is 6.54 Å². The Morgan fingerprint density at radius 1 is 1.54 bits per heavy atom. The summed E-state index contributed by atoms with van der Waals surface area (Å²) in [7, 11) is 0. The number of hydrogen-bond acceptors (Lipinski definition) is 5. The Hall–Kier alpha value is -0.790. The number of carbonyl (C=O) groups excluding carboxylic acids is 2. The van der Waals surface area contributed by atoms with Gasteiger partial charge in [-0.3, -0.25) is 13.8 Å². The third-order valence-electron chi connectivity index (χ3n) is 1.01. The fraction of sp³-hybridized carbons (Fsp3) is 0.667. The molecule has 76 valence electrons. The number of amides is 1. The zero-order valence-corrected chi connectivity index (χ0v) is 7.89. The minimum absolute atomic E-state index is 0.0695. The molecule has 0 spiro atoms. The molecule has 0 bridgehead atoms. The molecule has 1 unspecified atom stereocenters. The highest BCUT2D eigenvalue weighted by molar-refractivity contribution is 7.74. The first-order chi connectivity index (χ1) is 6.02. The third-order valence-corrected chi connectivity index (χ3v) is 1.37. The van der Waals surface area contributed by atoms with Crippen molar-refractivity contribution in [3.8, 4) is 0 Å². The van der Waals surface area contributed by atoms with E-state index in [1.165, 1.54) is 6.92 Å². The van der Waals surface area contributed by atoms with E-state index < -0.39 is 17.3 Å². The van der Waals surface area contributed by atoms with E-state index in [1.54, 1.807) is 0 Å². The zero-order valence-electron chi connectivity index (χ0n) is 7.07. The first-order valence-electron chi connectivity index (χ1n) is 3.51. The number of hydrogen-bond donors (Lipinski definition) is 1. The van der Waals surface area contributed by atoms with Gasteiger partial charge in [0.05, 0.1) is 24.4 Å². The molecule has 0 aromatic rings. The fourth-order valence-electron chi connectivity index (χ4n) is 0.589. The van der Waals surface area contributed by atoms with Gasteiger partial charge in [0.1, 0.15) is 5.78 Å². The molecular weight excluding hydrogens is 198 g/mol. The standard InChI is InChI=1S/C6H11NO5S/c1-5(8)4-6(9)7-2-3-12-13(10)11/h2-4H2,1H3,(H,7,9)(H,10,11)/p-1. The van der Waals surface area contributed by atoms with Crippen LogP contribution in [0.2, 0.25) is 0 Å². The van der Waals surface area contributed by atoms with Crippen molar-refractivity contribution in [2.24, 2.45) is 0 Å². The summed E-state index contributed by atoms with van der Waals surface area (Å²) >= 11 is -2.56. The normalized spacial score (nSPS) is 12.2. The predicted molar refractivity (Wildman–Crippen MR) is 43.2 cm³/mol. The molecule has 7 heteroatoms. The maximum absolute atomic E-state index is 10.8. The van der Waals surface area contributed by atoms with Gasteiger partial charge in [-0.05, 0) is 6.92 Å². The zero-order chi connectivity index (χ0) is 10.3. The molecule has 0 saturated carbocycles. The summed E-state index contributed by atoms with van der Waals surface area (Å²) in [6, 6.07) is 0. The molecule has 0 aliphatic heterocycles. The molecule has 0 saturated heterocycles. The van der Waals surface area contributed by atoms with E-state index in [1.807, 2.05) is 0 Å². The average molecular weight is 208 g/mol. The molecule has 0 aliphatic rings. The smallest absolute Gasteiger partial charge is 0.227 e. The molecule has 0 fully saturated rings. The molecular formula is C6H10NO5S-. The van der Waals surface area contributed by atoms with Gasteiger partial charge in [-0.1, -0.05) is 0 Å². The fourth-order valence-corrected chi connectivity index (χ4v) is 0.808. The lowest BCUT2D eigenvalue weighted by molar-refractivity contribution is -0.127. The van der Waals surface area contributed by atoms with Crippen molar-refractivity contribution >= 4 is 23.1 Å². The SMILES string of the molecule is CC(=O)CC(=O)NCCOS(=O)[O-]. The van der Waals surface area contributed by atoms with Crippen LogP contribution in [0.5, 0.6) is 0 Å². The van der Waals surface area contributed by atoms with Crippen LogP contribution in [0.25, 0.3) is 0 Å². The second-order valence-electron chi connectivity index (χ2n) is 2.25. The number of ketones is 1. The van der Waals surface area contributed by atoms with Gasteiger partial charge in [0.25, 0.3) is 0 Å². The highest BCUT2D eigenvalue weighted by atomic mass is 32.2. The van der Waals surface area contributed by atoms with Crippen LogP contribution in [0.3, 0.4) is 0 Å². The van der Waals surface area contributed by atoms with E-state index >= 15 is 0 Å². The largest absolute Gasteiger partial charge is 0.750 e. The predicted octanol–water partition coefficient (Wildman–Crippen LogP) is -1.11. The highest BCUT2D eigenvalue weighted by Gasteiger charge is 2.02. The van der Waals surface area contributed by atoms with Gasteiger partial charge < -0.3 is 9.87 Å². The van der Waals surface area contributed by atoms with Crippen LogP contribution in [-0.4, -0.2) is 33.6 Å². The monoisotopic (exact) mass is 208 g/mol. The molecule has 1 N–H and O–H groups in total. The number of rotatable bonds is 6. The Balaban J connectivity index is 3.37. The molecule has 1 amide bonds. The van der Waals surface area contributed by atoms with Crippen LogP contribution in [0.15, 0.2) is 0 Å². The molecule has 0 radical (unpaired) electrons. The van der Waals surface area contributed by atoms with E-state index in [0.29, 0.717) is 0 Å². The van der Waals surface area contributed by atoms with Crippen molar-refractivity contribution in [2.75, 3.05) is 13.2 Å². The van der Waals surface area contributed by atoms with Crippen LogP contribution < -0.4 is 5.32 Å².